The van der Waals surface area contributed by atoms with Crippen LogP contribution in [-0.2, 0) is 27.2 Å². The van der Waals surface area contributed by atoms with Crippen LogP contribution in [0, 0.1) is 5.41 Å². The number of nitrogens with zero attached hydrogens (tertiary/aromatic N) is 2. The fraction of sp³-hybridized carbons (Fsp3) is 0.452. The summed E-state index contributed by atoms with van der Waals surface area (Å²) in [4.78, 5) is 45.1. The molecule has 0 spiro atoms. The number of carbonyl (C=O) groups excluding carboxylic acids is 3. The first-order valence-electron chi connectivity index (χ1n) is 13.8. The Morgan fingerprint density at radius 2 is 1.68 bits per heavy atom. The van der Waals surface area contributed by atoms with Crippen molar-refractivity contribution in [3.63, 3.8) is 0 Å². The van der Waals surface area contributed by atoms with Gasteiger partial charge in [-0.3, -0.25) is 15.0 Å². The minimum absolute atomic E-state index is 0.0457. The number of H-pyrrole nitrogens is 1. The molecule has 2 heterocycles. The van der Waals surface area contributed by atoms with Gasteiger partial charge >= 0.3 is 6.09 Å². The molecule has 0 radical (unpaired) electrons. The summed E-state index contributed by atoms with van der Waals surface area (Å²) in [5, 5.41) is 5.50. The molecule has 0 aliphatic carbocycles. The molecule has 4 rings (SSSR count). The lowest BCUT2D eigenvalue weighted by atomic mass is 9.73. The topological polar surface area (TPSA) is 107 Å². The second-order valence-corrected chi connectivity index (χ2v) is 11.9. The number of aromatic nitrogens is 1. The molecule has 3 aromatic rings. The van der Waals surface area contributed by atoms with Crippen LogP contribution in [0.5, 0.6) is 0 Å². The zero-order valence-corrected chi connectivity index (χ0v) is 24.1. The second kappa shape index (κ2) is 12.1. The standard InChI is InChI=1S/C31H41N5O4/c1-30(2,3)40-29(39)33-26(19-23-21-32-25-14-10-9-13-24(23)25)27(37)36-17-15-31(16-18-36,28(38)34-35(4)5)20-22-11-7-6-8-12-22/h6-14,21,26,32H,15-20H2,1-5H3,(H,33,39)(H,34,38). The number of alkyl carbamates (subject to hydrolysis) is 1. The quantitative estimate of drug-likeness (QED) is 0.369. The summed E-state index contributed by atoms with van der Waals surface area (Å²) in [6, 6.07) is 17.0. The van der Waals surface area contributed by atoms with Gasteiger partial charge in [0.25, 0.3) is 0 Å². The van der Waals surface area contributed by atoms with E-state index in [1.54, 1.807) is 44.8 Å². The molecule has 1 aliphatic rings. The summed E-state index contributed by atoms with van der Waals surface area (Å²) in [6.07, 6.45) is 3.18. The normalized spacial score (nSPS) is 16.0. The number of ether oxygens (including phenoxy) is 1. The highest BCUT2D eigenvalue weighted by Gasteiger charge is 2.43. The number of aromatic amines is 1. The molecule has 0 bridgehead atoms. The Bertz CT molecular complexity index is 1320. The maximum absolute atomic E-state index is 13.9. The number of piperidine rings is 1. The summed E-state index contributed by atoms with van der Waals surface area (Å²) < 4.78 is 5.49. The first-order valence-corrected chi connectivity index (χ1v) is 13.8. The summed E-state index contributed by atoms with van der Waals surface area (Å²) in [6.45, 7) is 6.19. The molecule has 214 valence electrons. The van der Waals surface area contributed by atoms with Gasteiger partial charge in [-0.05, 0) is 57.2 Å². The van der Waals surface area contributed by atoms with Crippen molar-refractivity contribution >= 4 is 28.8 Å². The maximum atomic E-state index is 13.9. The average molecular weight is 548 g/mol. The van der Waals surface area contributed by atoms with Crippen molar-refractivity contribution in [2.75, 3.05) is 27.2 Å². The van der Waals surface area contributed by atoms with Crippen LogP contribution in [0.2, 0.25) is 0 Å². The third-order valence-corrected chi connectivity index (χ3v) is 7.31. The number of nitrogens with one attached hydrogen (secondary N) is 3. The highest BCUT2D eigenvalue weighted by atomic mass is 16.6. The van der Waals surface area contributed by atoms with E-state index in [-0.39, 0.29) is 11.8 Å². The van der Waals surface area contributed by atoms with Gasteiger partial charge in [0.05, 0.1) is 5.41 Å². The third kappa shape index (κ3) is 7.21. The molecule has 1 saturated heterocycles. The average Bonchev–Trinajstić information content (AvgIpc) is 3.30. The van der Waals surface area contributed by atoms with E-state index >= 15 is 0 Å². The Labute approximate surface area is 236 Å². The van der Waals surface area contributed by atoms with Crippen molar-refractivity contribution in [3.8, 4) is 0 Å². The molecule has 1 fully saturated rings. The van der Waals surface area contributed by atoms with Crippen LogP contribution in [0.3, 0.4) is 0 Å². The van der Waals surface area contributed by atoms with E-state index in [0.29, 0.717) is 38.8 Å². The number of benzene rings is 2. The molecule has 3 N–H and O–H groups in total. The summed E-state index contributed by atoms with van der Waals surface area (Å²) >= 11 is 0. The Hall–Kier alpha value is -3.85. The number of hydrazine groups is 1. The van der Waals surface area contributed by atoms with Crippen molar-refractivity contribution in [2.24, 2.45) is 5.41 Å². The summed E-state index contributed by atoms with van der Waals surface area (Å²) in [5.41, 5.74) is 4.60. The SMILES string of the molecule is CN(C)NC(=O)C1(Cc2ccccc2)CCN(C(=O)C(Cc2c[nH]c3ccccc23)NC(=O)OC(C)(C)C)CC1. The highest BCUT2D eigenvalue weighted by molar-refractivity contribution is 5.89. The van der Waals surface area contributed by atoms with E-state index < -0.39 is 23.2 Å². The third-order valence-electron chi connectivity index (χ3n) is 7.31. The number of fused-ring (bicyclic) bond motifs is 1. The molecule has 40 heavy (non-hydrogen) atoms. The summed E-state index contributed by atoms with van der Waals surface area (Å²) in [7, 11) is 3.59. The molecule has 0 saturated carbocycles. The molecule has 1 aromatic heterocycles. The van der Waals surface area contributed by atoms with Gasteiger partial charge in [-0.2, -0.15) is 0 Å². The van der Waals surface area contributed by atoms with Crippen LogP contribution in [-0.4, -0.2) is 71.6 Å². The summed E-state index contributed by atoms with van der Waals surface area (Å²) in [5.74, 6) is -0.229. The zero-order valence-electron chi connectivity index (χ0n) is 24.1. The van der Waals surface area contributed by atoms with Crippen LogP contribution in [0.25, 0.3) is 10.9 Å². The number of rotatable bonds is 8. The number of para-hydroxylation sites is 1. The molecule has 9 nitrogen and oxygen atoms in total. The zero-order chi connectivity index (χ0) is 28.9. The monoisotopic (exact) mass is 547 g/mol. The predicted molar refractivity (Wildman–Crippen MR) is 155 cm³/mol. The number of hydrogen-bond donors (Lipinski definition) is 3. The number of hydrogen-bond acceptors (Lipinski definition) is 5. The fourth-order valence-corrected chi connectivity index (χ4v) is 5.34. The Balaban J connectivity index is 1.54. The number of amides is 3. The lowest BCUT2D eigenvalue weighted by Crippen LogP contribution is -2.57. The predicted octanol–water partition coefficient (Wildman–Crippen LogP) is 4.05. The molecule has 2 aromatic carbocycles. The maximum Gasteiger partial charge on any atom is 0.408 e. The molecule has 1 aliphatic heterocycles. The molecular weight excluding hydrogens is 506 g/mol. The molecule has 1 unspecified atom stereocenters. The fourth-order valence-electron chi connectivity index (χ4n) is 5.34. The second-order valence-electron chi connectivity index (χ2n) is 11.9. The van der Waals surface area contributed by atoms with Crippen LogP contribution in [0.4, 0.5) is 4.79 Å². The van der Waals surface area contributed by atoms with Gasteiger partial charge < -0.3 is 19.9 Å². The first-order chi connectivity index (χ1) is 19.0. The van der Waals surface area contributed by atoms with Crippen LogP contribution < -0.4 is 10.7 Å². The molecule has 1 atom stereocenters. The van der Waals surface area contributed by atoms with E-state index in [2.05, 4.69) is 15.7 Å². The van der Waals surface area contributed by atoms with E-state index in [9.17, 15) is 14.4 Å². The van der Waals surface area contributed by atoms with Crippen LogP contribution in [0.15, 0.2) is 60.8 Å². The minimum Gasteiger partial charge on any atom is -0.444 e. The molecular formula is C31H41N5O4. The lowest BCUT2D eigenvalue weighted by molar-refractivity contribution is -0.144. The van der Waals surface area contributed by atoms with Gasteiger partial charge in [-0.15, -0.1) is 0 Å². The smallest absolute Gasteiger partial charge is 0.408 e. The van der Waals surface area contributed by atoms with Gasteiger partial charge in [0.15, 0.2) is 0 Å². The lowest BCUT2D eigenvalue weighted by Gasteiger charge is -2.42. The van der Waals surface area contributed by atoms with E-state index in [4.69, 9.17) is 4.74 Å². The number of carbonyl (C=O) groups is 3. The van der Waals surface area contributed by atoms with Gasteiger partial charge in [0.1, 0.15) is 11.6 Å². The van der Waals surface area contributed by atoms with Gasteiger partial charge in [0.2, 0.25) is 11.8 Å². The molecule has 3 amide bonds. The first kappa shape index (κ1) is 29.1. The van der Waals surface area contributed by atoms with E-state index in [1.807, 2.05) is 60.8 Å². The van der Waals surface area contributed by atoms with E-state index in [0.717, 1.165) is 22.0 Å². The van der Waals surface area contributed by atoms with Gasteiger partial charge in [-0.1, -0.05) is 48.5 Å². The number of likely N-dealkylation sites (tertiary alicyclic amines) is 1. The van der Waals surface area contributed by atoms with Gasteiger partial charge in [0, 0.05) is 50.7 Å². The Morgan fingerprint density at radius 1 is 1.02 bits per heavy atom. The van der Waals surface area contributed by atoms with Gasteiger partial charge in [-0.25, -0.2) is 9.80 Å². The highest BCUT2D eigenvalue weighted by Crippen LogP contribution is 2.36. The van der Waals surface area contributed by atoms with Crippen LogP contribution in [0.1, 0.15) is 44.7 Å². The van der Waals surface area contributed by atoms with Crippen molar-refractivity contribution in [1.82, 2.24) is 25.6 Å². The van der Waals surface area contributed by atoms with Crippen LogP contribution >= 0.6 is 0 Å². The van der Waals surface area contributed by atoms with E-state index in [1.165, 1.54) is 0 Å². The Kier molecular flexibility index (Phi) is 8.83. The van der Waals surface area contributed by atoms with Crippen molar-refractivity contribution in [3.05, 3.63) is 71.9 Å². The Morgan fingerprint density at radius 3 is 2.33 bits per heavy atom. The molecule has 9 heteroatoms. The largest absolute Gasteiger partial charge is 0.444 e. The van der Waals surface area contributed by atoms with Crippen molar-refractivity contribution in [2.45, 2.75) is 58.1 Å². The van der Waals surface area contributed by atoms with Crippen molar-refractivity contribution in [1.29, 1.82) is 0 Å². The minimum atomic E-state index is -0.814. The van der Waals surface area contributed by atoms with Crippen molar-refractivity contribution < 1.29 is 19.1 Å².